The van der Waals surface area contributed by atoms with E-state index in [0.29, 0.717) is 5.56 Å². The molecule has 0 spiro atoms. The van der Waals surface area contributed by atoms with Crippen LogP contribution in [0.3, 0.4) is 0 Å². The van der Waals surface area contributed by atoms with Gasteiger partial charge in [0.1, 0.15) is 0 Å². The number of thioether (sulfide) groups is 1. The molecule has 104 valence electrons. The second-order valence-corrected chi connectivity index (χ2v) is 4.90. The van der Waals surface area contributed by atoms with Crippen LogP contribution >= 0.6 is 11.8 Å². The van der Waals surface area contributed by atoms with Gasteiger partial charge in [-0.05, 0) is 37.1 Å². The highest BCUT2D eigenvalue weighted by Gasteiger charge is 2.20. The molecular weight excluding hydrogens is 268 g/mol. The molecule has 0 aromatic heterocycles. The fraction of sp³-hybridized carbons (Fsp3) is 0.385. The molecule has 1 unspecified atom stereocenters. The maximum absolute atomic E-state index is 11.4. The van der Waals surface area contributed by atoms with Crippen LogP contribution in [0.2, 0.25) is 0 Å². The third-order valence-corrected chi connectivity index (χ3v) is 3.39. The first-order valence-corrected chi connectivity index (χ1v) is 6.74. The number of ether oxygens (including phenoxy) is 1. The van der Waals surface area contributed by atoms with Crippen molar-refractivity contribution in [3.8, 4) is 0 Å². The summed E-state index contributed by atoms with van der Waals surface area (Å²) in [6.07, 6.45) is -1.31. The maximum atomic E-state index is 11.4. The van der Waals surface area contributed by atoms with Gasteiger partial charge in [-0.15, -0.1) is 11.8 Å². The first kappa shape index (κ1) is 15.5. The molecule has 1 aromatic rings. The van der Waals surface area contributed by atoms with Gasteiger partial charge in [0.05, 0.1) is 12.4 Å². The molecule has 1 atom stereocenters. The average Bonchev–Trinajstić information content (AvgIpc) is 2.36. The molecule has 0 bridgehead atoms. The number of carboxylic acid groups (broad SMARTS) is 1. The number of rotatable bonds is 6. The van der Waals surface area contributed by atoms with Gasteiger partial charge in [-0.2, -0.15) is 0 Å². The number of carbonyl (C=O) groups excluding carboxylic acids is 1. The topological polar surface area (TPSA) is 83.8 Å². The van der Waals surface area contributed by atoms with Crippen LogP contribution in [0.5, 0.6) is 0 Å². The normalized spacial score (nSPS) is 11.9. The summed E-state index contributed by atoms with van der Waals surface area (Å²) in [6, 6.07) is 5.03. The quantitative estimate of drug-likeness (QED) is 0.612. The maximum Gasteiger partial charge on any atom is 0.339 e. The van der Waals surface area contributed by atoms with Crippen molar-refractivity contribution in [1.29, 1.82) is 0 Å². The van der Waals surface area contributed by atoms with Crippen molar-refractivity contribution in [2.45, 2.75) is 24.8 Å². The highest BCUT2D eigenvalue weighted by molar-refractivity contribution is 8.00. The number of aliphatic carboxylic acids is 1. The Morgan fingerprint density at radius 2 is 2.11 bits per heavy atom. The first-order valence-electron chi connectivity index (χ1n) is 5.75. The van der Waals surface area contributed by atoms with Crippen LogP contribution in [0.1, 0.15) is 24.2 Å². The lowest BCUT2D eigenvalue weighted by atomic mass is 10.0. The Balaban J connectivity index is 2.82. The largest absolute Gasteiger partial charge is 0.481 e. The lowest BCUT2D eigenvalue weighted by molar-refractivity contribution is -0.153. The Hall–Kier alpha value is -1.53. The summed E-state index contributed by atoms with van der Waals surface area (Å²) in [7, 11) is 0. The zero-order chi connectivity index (χ0) is 14.4. The molecule has 0 amide bonds. The van der Waals surface area contributed by atoms with E-state index < -0.39 is 18.0 Å². The summed E-state index contributed by atoms with van der Waals surface area (Å²) in [5, 5.41) is 18.4. The van der Waals surface area contributed by atoms with Crippen LogP contribution in [0.4, 0.5) is 0 Å². The van der Waals surface area contributed by atoms with Crippen molar-refractivity contribution in [3.63, 3.8) is 0 Å². The summed E-state index contributed by atoms with van der Waals surface area (Å²) >= 11 is 1.18. The Morgan fingerprint density at radius 3 is 2.63 bits per heavy atom. The van der Waals surface area contributed by atoms with Crippen LogP contribution in [-0.2, 0) is 14.3 Å². The monoisotopic (exact) mass is 284 g/mol. The van der Waals surface area contributed by atoms with Crippen molar-refractivity contribution in [1.82, 2.24) is 0 Å². The van der Waals surface area contributed by atoms with Crippen LogP contribution in [-0.4, -0.2) is 34.5 Å². The van der Waals surface area contributed by atoms with Crippen LogP contribution in [0.25, 0.3) is 0 Å². The van der Waals surface area contributed by atoms with Crippen LogP contribution in [0, 0.1) is 6.92 Å². The first-order chi connectivity index (χ1) is 8.95. The highest BCUT2D eigenvalue weighted by atomic mass is 32.2. The van der Waals surface area contributed by atoms with Gasteiger partial charge in [-0.25, -0.2) is 4.79 Å². The molecule has 6 heteroatoms. The fourth-order valence-corrected chi connectivity index (χ4v) is 2.25. The molecule has 2 N–H and O–H groups in total. The van der Waals surface area contributed by atoms with Crippen molar-refractivity contribution < 1.29 is 24.5 Å². The predicted octanol–water partition coefficient (Wildman–Crippen LogP) is 1.77. The Bertz CT molecular complexity index is 472. The number of aliphatic hydroxyl groups excluding tert-OH is 1. The van der Waals surface area contributed by atoms with E-state index in [1.807, 2.05) is 0 Å². The van der Waals surface area contributed by atoms with E-state index in [9.17, 15) is 14.7 Å². The second-order valence-electron chi connectivity index (χ2n) is 3.86. The minimum absolute atomic E-state index is 0.0286. The Kier molecular flexibility index (Phi) is 5.85. The Morgan fingerprint density at radius 1 is 1.42 bits per heavy atom. The summed E-state index contributed by atoms with van der Waals surface area (Å²) < 4.78 is 4.75. The van der Waals surface area contributed by atoms with E-state index >= 15 is 0 Å². The van der Waals surface area contributed by atoms with Gasteiger partial charge in [0, 0.05) is 4.90 Å². The van der Waals surface area contributed by atoms with E-state index in [2.05, 4.69) is 0 Å². The van der Waals surface area contributed by atoms with E-state index in [-0.39, 0.29) is 12.4 Å². The van der Waals surface area contributed by atoms with Gasteiger partial charge in [-0.1, -0.05) is 6.07 Å². The van der Waals surface area contributed by atoms with Gasteiger partial charge in [0.2, 0.25) is 0 Å². The average molecular weight is 284 g/mol. The van der Waals surface area contributed by atoms with Gasteiger partial charge < -0.3 is 14.9 Å². The zero-order valence-electron chi connectivity index (χ0n) is 10.8. The third kappa shape index (κ3) is 4.57. The molecule has 0 saturated carbocycles. The molecule has 0 aliphatic rings. The molecule has 1 rings (SSSR count). The molecular formula is C13H16O5S. The summed E-state index contributed by atoms with van der Waals surface area (Å²) in [4.78, 5) is 22.7. The van der Waals surface area contributed by atoms with E-state index in [0.717, 1.165) is 10.5 Å². The number of carbonyl (C=O) groups is 2. The lowest BCUT2D eigenvalue weighted by Gasteiger charge is -2.13. The molecule has 0 radical (unpaired) electrons. The number of aryl methyl sites for hydroxylation is 1. The minimum atomic E-state index is -1.31. The molecule has 0 heterocycles. The molecule has 0 aliphatic carbocycles. The van der Waals surface area contributed by atoms with Crippen molar-refractivity contribution >= 4 is 23.7 Å². The number of hydrogen-bond acceptors (Lipinski definition) is 5. The molecule has 0 aliphatic heterocycles. The van der Waals surface area contributed by atoms with E-state index in [1.54, 1.807) is 32.0 Å². The number of hydrogen-bond donors (Lipinski definition) is 2. The van der Waals surface area contributed by atoms with Gasteiger partial charge in [0.15, 0.2) is 6.10 Å². The van der Waals surface area contributed by atoms with E-state index in [1.165, 1.54) is 11.8 Å². The van der Waals surface area contributed by atoms with Gasteiger partial charge in [0.25, 0.3) is 0 Å². The summed E-state index contributed by atoms with van der Waals surface area (Å²) in [6.45, 7) is 3.63. The third-order valence-electron chi connectivity index (χ3n) is 2.41. The SMILES string of the molecule is CCOC(=O)C(O)c1ccc(SCC(=O)O)cc1C. The molecule has 0 saturated heterocycles. The predicted molar refractivity (Wildman–Crippen MR) is 71.1 cm³/mol. The molecule has 19 heavy (non-hydrogen) atoms. The summed E-state index contributed by atoms with van der Waals surface area (Å²) in [5.74, 6) is -1.60. The molecule has 5 nitrogen and oxygen atoms in total. The number of aliphatic hydroxyl groups is 1. The fourth-order valence-electron chi connectivity index (χ4n) is 1.54. The Labute approximate surface area is 115 Å². The van der Waals surface area contributed by atoms with Crippen molar-refractivity contribution in [3.05, 3.63) is 29.3 Å². The van der Waals surface area contributed by atoms with Crippen molar-refractivity contribution in [2.75, 3.05) is 12.4 Å². The highest BCUT2D eigenvalue weighted by Crippen LogP contribution is 2.25. The number of carboxylic acids is 1. The zero-order valence-corrected chi connectivity index (χ0v) is 11.6. The smallest absolute Gasteiger partial charge is 0.339 e. The van der Waals surface area contributed by atoms with Crippen LogP contribution < -0.4 is 0 Å². The minimum Gasteiger partial charge on any atom is -0.481 e. The second kappa shape index (κ2) is 7.16. The number of esters is 1. The van der Waals surface area contributed by atoms with Crippen LogP contribution in [0.15, 0.2) is 23.1 Å². The number of benzene rings is 1. The standard InChI is InChI=1S/C13H16O5S/c1-3-18-13(17)12(16)10-5-4-9(6-8(10)2)19-7-11(14)15/h4-6,12,16H,3,7H2,1-2H3,(H,14,15). The van der Waals surface area contributed by atoms with Crippen molar-refractivity contribution in [2.24, 2.45) is 0 Å². The lowest BCUT2D eigenvalue weighted by Crippen LogP contribution is -2.16. The van der Waals surface area contributed by atoms with Gasteiger partial charge in [-0.3, -0.25) is 4.79 Å². The molecule has 0 fully saturated rings. The van der Waals surface area contributed by atoms with E-state index in [4.69, 9.17) is 9.84 Å². The molecule has 1 aromatic carbocycles. The summed E-state index contributed by atoms with van der Waals surface area (Å²) in [5.41, 5.74) is 1.19. The van der Waals surface area contributed by atoms with Gasteiger partial charge >= 0.3 is 11.9 Å².